The Bertz CT molecular complexity index is 1380. The second-order valence-electron chi connectivity index (χ2n) is 7.96. The molecular formula is C25H18Cl3N3O2. The number of phenolic OH excluding ortho intramolecular Hbond substituents is 1. The highest BCUT2D eigenvalue weighted by Gasteiger charge is 2.42. The van der Waals surface area contributed by atoms with Gasteiger partial charge in [-0.15, -0.1) is 0 Å². The third-order valence-corrected chi connectivity index (χ3v) is 6.91. The van der Waals surface area contributed by atoms with Crippen molar-refractivity contribution in [2.75, 3.05) is 0 Å². The Labute approximate surface area is 205 Å². The van der Waals surface area contributed by atoms with Crippen molar-refractivity contribution >= 4 is 40.7 Å². The molecule has 0 spiro atoms. The topological polar surface area (TPSA) is 69.2 Å². The molecule has 1 aromatic heterocycles. The molecule has 5 rings (SSSR count). The van der Waals surface area contributed by atoms with Gasteiger partial charge in [-0.25, -0.2) is 0 Å². The fourth-order valence-corrected chi connectivity index (χ4v) is 4.71. The number of aromatic nitrogens is 2. The number of phenols is 1. The summed E-state index contributed by atoms with van der Waals surface area (Å²) in [7, 11) is 0. The molecule has 0 saturated carbocycles. The fourth-order valence-electron chi connectivity index (χ4n) is 4.22. The first-order valence-electron chi connectivity index (χ1n) is 10.2. The maximum atomic E-state index is 13.5. The molecule has 0 fully saturated rings. The number of carbonyl (C=O) groups is 1. The van der Waals surface area contributed by atoms with E-state index in [1.807, 2.05) is 37.3 Å². The Morgan fingerprint density at radius 3 is 2.48 bits per heavy atom. The van der Waals surface area contributed by atoms with Crippen LogP contribution in [-0.2, 0) is 6.54 Å². The van der Waals surface area contributed by atoms with Crippen molar-refractivity contribution in [1.29, 1.82) is 0 Å². The Morgan fingerprint density at radius 2 is 1.76 bits per heavy atom. The van der Waals surface area contributed by atoms with Gasteiger partial charge in [0.1, 0.15) is 17.1 Å². The summed E-state index contributed by atoms with van der Waals surface area (Å²) in [5.41, 5.74) is 4.40. The van der Waals surface area contributed by atoms with E-state index >= 15 is 0 Å². The predicted molar refractivity (Wildman–Crippen MR) is 130 cm³/mol. The molecule has 1 aliphatic rings. The van der Waals surface area contributed by atoms with Crippen LogP contribution in [0.1, 0.15) is 38.8 Å². The number of benzene rings is 3. The lowest BCUT2D eigenvalue weighted by Gasteiger charge is -2.27. The van der Waals surface area contributed by atoms with Crippen LogP contribution in [-0.4, -0.2) is 26.1 Å². The SMILES string of the molecule is Cc1cc(O)c(-c2n[nH]c3c2C(c2ccc(Cl)cc2)N(Cc2ccccc2Cl)C3=O)cc1Cl. The van der Waals surface area contributed by atoms with Crippen LogP contribution >= 0.6 is 34.8 Å². The Morgan fingerprint density at radius 1 is 1.03 bits per heavy atom. The Balaban J connectivity index is 1.69. The molecule has 1 aliphatic heterocycles. The molecule has 0 radical (unpaired) electrons. The minimum atomic E-state index is -0.464. The molecule has 2 N–H and O–H groups in total. The van der Waals surface area contributed by atoms with E-state index in [0.29, 0.717) is 44.1 Å². The van der Waals surface area contributed by atoms with Gasteiger partial charge in [0.2, 0.25) is 0 Å². The molecule has 0 saturated heterocycles. The molecule has 1 amide bonds. The lowest BCUT2D eigenvalue weighted by atomic mass is 9.95. The van der Waals surface area contributed by atoms with Crippen molar-refractivity contribution in [1.82, 2.24) is 15.1 Å². The number of nitrogens with one attached hydrogen (secondary N) is 1. The van der Waals surface area contributed by atoms with Gasteiger partial charge in [-0.1, -0.05) is 65.1 Å². The molecule has 33 heavy (non-hydrogen) atoms. The maximum absolute atomic E-state index is 13.5. The number of amides is 1. The number of carbonyl (C=O) groups excluding carboxylic acids is 1. The predicted octanol–water partition coefficient (Wildman–Crippen LogP) is 6.80. The van der Waals surface area contributed by atoms with Crippen LogP contribution in [0.15, 0.2) is 60.7 Å². The normalized spacial score (nSPS) is 15.2. The second-order valence-corrected chi connectivity index (χ2v) is 9.21. The molecule has 1 atom stereocenters. The lowest BCUT2D eigenvalue weighted by Crippen LogP contribution is -2.29. The van der Waals surface area contributed by atoms with Gasteiger partial charge in [-0.05, 0) is 53.9 Å². The van der Waals surface area contributed by atoms with Crippen LogP contribution in [0.4, 0.5) is 0 Å². The minimum Gasteiger partial charge on any atom is -0.507 e. The summed E-state index contributed by atoms with van der Waals surface area (Å²) in [4.78, 5) is 15.3. The average molecular weight is 499 g/mol. The zero-order valence-corrected chi connectivity index (χ0v) is 19.7. The van der Waals surface area contributed by atoms with Crippen LogP contribution in [0.5, 0.6) is 5.75 Å². The first-order chi connectivity index (χ1) is 15.8. The highest BCUT2D eigenvalue weighted by Crippen LogP contribution is 2.46. The number of fused-ring (bicyclic) bond motifs is 1. The Kier molecular flexibility index (Phi) is 5.57. The highest BCUT2D eigenvalue weighted by molar-refractivity contribution is 6.32. The highest BCUT2D eigenvalue weighted by atomic mass is 35.5. The van der Waals surface area contributed by atoms with Crippen LogP contribution in [0.3, 0.4) is 0 Å². The number of halogens is 3. The molecule has 5 nitrogen and oxygen atoms in total. The zero-order chi connectivity index (χ0) is 23.3. The van der Waals surface area contributed by atoms with Crippen molar-refractivity contribution in [2.24, 2.45) is 0 Å². The van der Waals surface area contributed by atoms with E-state index in [1.165, 1.54) is 0 Å². The smallest absolute Gasteiger partial charge is 0.273 e. The first-order valence-corrected chi connectivity index (χ1v) is 11.4. The Hall–Kier alpha value is -2.99. The first kappa shape index (κ1) is 21.8. The summed E-state index contributed by atoms with van der Waals surface area (Å²) in [6, 6.07) is 17.6. The van der Waals surface area contributed by atoms with Gasteiger partial charge in [-0.2, -0.15) is 5.10 Å². The summed E-state index contributed by atoms with van der Waals surface area (Å²) < 4.78 is 0. The van der Waals surface area contributed by atoms with E-state index in [1.54, 1.807) is 35.2 Å². The number of aryl methyl sites for hydroxylation is 1. The standard InChI is InChI=1S/C25H18Cl3N3O2/c1-13-10-20(32)17(11-19(13)28)22-21-23(30-29-22)25(33)31(12-15-4-2-3-5-18(15)27)24(21)14-6-8-16(26)9-7-14/h2-11,24,32H,12H2,1H3,(H,29,30). The fraction of sp³-hybridized carbons (Fsp3) is 0.120. The third kappa shape index (κ3) is 3.76. The number of aromatic amines is 1. The third-order valence-electron chi connectivity index (χ3n) is 5.88. The number of hydrogen-bond donors (Lipinski definition) is 2. The average Bonchev–Trinajstić information content (AvgIpc) is 3.32. The molecule has 1 unspecified atom stereocenters. The van der Waals surface area contributed by atoms with Gasteiger partial charge in [-0.3, -0.25) is 9.89 Å². The van der Waals surface area contributed by atoms with E-state index in [2.05, 4.69) is 10.2 Å². The largest absolute Gasteiger partial charge is 0.507 e. The van der Waals surface area contributed by atoms with Crippen LogP contribution in [0.25, 0.3) is 11.3 Å². The maximum Gasteiger partial charge on any atom is 0.273 e. The molecule has 3 aromatic carbocycles. The van der Waals surface area contributed by atoms with Crippen molar-refractivity contribution in [3.63, 3.8) is 0 Å². The van der Waals surface area contributed by atoms with Gasteiger partial charge in [0, 0.05) is 32.7 Å². The molecule has 0 aliphatic carbocycles. The summed E-state index contributed by atoms with van der Waals surface area (Å²) in [6.45, 7) is 2.11. The van der Waals surface area contributed by atoms with Gasteiger partial charge in [0.25, 0.3) is 5.91 Å². The number of nitrogens with zero attached hydrogens (tertiary/aromatic N) is 2. The number of H-pyrrole nitrogens is 1. The number of rotatable bonds is 4. The van der Waals surface area contributed by atoms with E-state index in [0.717, 1.165) is 16.7 Å². The van der Waals surface area contributed by atoms with E-state index < -0.39 is 6.04 Å². The van der Waals surface area contributed by atoms with Crippen molar-refractivity contribution < 1.29 is 9.90 Å². The zero-order valence-electron chi connectivity index (χ0n) is 17.4. The molecule has 166 valence electrons. The summed E-state index contributed by atoms with van der Waals surface area (Å²) in [5.74, 6) is -0.167. The summed E-state index contributed by atoms with van der Waals surface area (Å²) in [6.07, 6.45) is 0. The molecule has 2 heterocycles. The summed E-state index contributed by atoms with van der Waals surface area (Å²) in [5, 5.41) is 19.6. The molecule has 0 bridgehead atoms. The second kappa shape index (κ2) is 8.41. The van der Waals surface area contributed by atoms with E-state index in [4.69, 9.17) is 34.8 Å². The molecule has 4 aromatic rings. The lowest BCUT2D eigenvalue weighted by molar-refractivity contribution is 0.0730. The minimum absolute atomic E-state index is 0.0399. The quantitative estimate of drug-likeness (QED) is 0.325. The van der Waals surface area contributed by atoms with Crippen LogP contribution in [0, 0.1) is 6.92 Å². The van der Waals surface area contributed by atoms with Crippen molar-refractivity contribution in [2.45, 2.75) is 19.5 Å². The number of hydrogen-bond acceptors (Lipinski definition) is 3. The van der Waals surface area contributed by atoms with Gasteiger partial charge in [0.05, 0.1) is 6.04 Å². The van der Waals surface area contributed by atoms with E-state index in [9.17, 15) is 9.90 Å². The van der Waals surface area contributed by atoms with Crippen LogP contribution < -0.4 is 0 Å². The van der Waals surface area contributed by atoms with E-state index in [-0.39, 0.29) is 11.7 Å². The van der Waals surface area contributed by atoms with Crippen molar-refractivity contribution in [3.05, 3.63) is 104 Å². The summed E-state index contributed by atoms with van der Waals surface area (Å²) >= 11 is 18.9. The van der Waals surface area contributed by atoms with Crippen LogP contribution in [0.2, 0.25) is 15.1 Å². The molecule has 8 heteroatoms. The van der Waals surface area contributed by atoms with Gasteiger partial charge in [0.15, 0.2) is 0 Å². The van der Waals surface area contributed by atoms with Gasteiger partial charge < -0.3 is 10.0 Å². The number of aromatic hydroxyl groups is 1. The molecular weight excluding hydrogens is 481 g/mol. The monoisotopic (exact) mass is 497 g/mol. The van der Waals surface area contributed by atoms with Crippen molar-refractivity contribution in [3.8, 4) is 17.0 Å². The van der Waals surface area contributed by atoms with Gasteiger partial charge >= 0.3 is 0 Å².